The van der Waals surface area contributed by atoms with E-state index in [1.807, 2.05) is 11.0 Å². The Labute approximate surface area is 183 Å². The molecule has 30 heavy (non-hydrogen) atoms. The number of hydrogen-bond acceptors (Lipinski definition) is 4. The third kappa shape index (κ3) is 3.66. The van der Waals surface area contributed by atoms with Gasteiger partial charge in [-0.3, -0.25) is 4.90 Å². The largest absolute Gasteiger partial charge is 0.321 e. The van der Waals surface area contributed by atoms with Crippen molar-refractivity contribution in [3.8, 4) is 0 Å². The van der Waals surface area contributed by atoms with Crippen LogP contribution in [0.3, 0.4) is 0 Å². The first kappa shape index (κ1) is 19.7. The molecule has 0 unspecified atom stereocenters. The van der Waals surface area contributed by atoms with Gasteiger partial charge in [0.15, 0.2) is 0 Å². The first-order valence-corrected chi connectivity index (χ1v) is 12.0. The lowest BCUT2D eigenvalue weighted by Gasteiger charge is -2.37. The second kappa shape index (κ2) is 8.13. The number of carbonyl (C=O) groups excluding carboxylic acids is 1. The zero-order chi connectivity index (χ0) is 20.6. The van der Waals surface area contributed by atoms with Gasteiger partial charge in [-0.2, -0.15) is 0 Å². The fraction of sp³-hybridized carbons (Fsp3) is 0.348. The summed E-state index contributed by atoms with van der Waals surface area (Å²) in [6.07, 6.45) is 1.88. The molecule has 2 aliphatic heterocycles. The maximum atomic E-state index is 13.5. The monoisotopic (exact) mass is 441 g/mol. The van der Waals surface area contributed by atoms with Gasteiger partial charge in [0, 0.05) is 35.4 Å². The normalized spacial score (nSPS) is 19.9. The number of halogens is 1. The van der Waals surface area contributed by atoms with Crippen LogP contribution in [0.1, 0.15) is 28.2 Å². The summed E-state index contributed by atoms with van der Waals surface area (Å²) in [7, 11) is 0. The number of thiophene rings is 2. The molecular formula is C23H24FN3OS2. The van der Waals surface area contributed by atoms with Gasteiger partial charge in [0.2, 0.25) is 0 Å². The summed E-state index contributed by atoms with van der Waals surface area (Å²) in [5, 5.41) is 7.48. The Morgan fingerprint density at radius 1 is 1.03 bits per heavy atom. The van der Waals surface area contributed by atoms with Crippen LogP contribution in [-0.2, 0) is 12.1 Å². The molecule has 3 aromatic rings. The van der Waals surface area contributed by atoms with E-state index in [1.165, 1.54) is 15.8 Å². The van der Waals surface area contributed by atoms with E-state index in [0.717, 1.165) is 38.0 Å². The van der Waals surface area contributed by atoms with Crippen molar-refractivity contribution in [2.45, 2.75) is 31.0 Å². The lowest BCUT2D eigenvalue weighted by atomic mass is 9.95. The molecule has 7 heteroatoms. The maximum Gasteiger partial charge on any atom is 0.318 e. The van der Waals surface area contributed by atoms with E-state index in [9.17, 15) is 9.18 Å². The molecule has 2 saturated heterocycles. The predicted molar refractivity (Wildman–Crippen MR) is 119 cm³/mol. The number of piperidine rings is 1. The fourth-order valence-electron chi connectivity index (χ4n) is 4.64. The van der Waals surface area contributed by atoms with E-state index in [0.29, 0.717) is 6.54 Å². The topological polar surface area (TPSA) is 35.6 Å². The first-order chi connectivity index (χ1) is 14.6. The molecule has 0 saturated carbocycles. The van der Waals surface area contributed by atoms with Gasteiger partial charge in [-0.1, -0.05) is 24.3 Å². The fourth-order valence-corrected chi connectivity index (χ4v) is 6.48. The molecule has 1 aromatic carbocycles. The average molecular weight is 442 g/mol. The number of nitrogens with zero attached hydrogens (tertiary/aromatic N) is 2. The quantitative estimate of drug-likeness (QED) is 0.612. The molecular weight excluding hydrogens is 417 g/mol. The van der Waals surface area contributed by atoms with Gasteiger partial charge < -0.3 is 10.2 Å². The van der Waals surface area contributed by atoms with Crippen LogP contribution in [0.25, 0.3) is 0 Å². The van der Waals surface area contributed by atoms with Crippen LogP contribution < -0.4 is 5.32 Å². The molecule has 0 aliphatic carbocycles. The second-order valence-electron chi connectivity index (χ2n) is 8.06. The molecule has 2 amide bonds. The highest BCUT2D eigenvalue weighted by molar-refractivity contribution is 7.11. The van der Waals surface area contributed by atoms with Crippen LogP contribution in [0.4, 0.5) is 9.18 Å². The molecule has 0 atom stereocenters. The Balaban J connectivity index is 1.28. The van der Waals surface area contributed by atoms with Gasteiger partial charge in [-0.15, -0.1) is 22.7 Å². The van der Waals surface area contributed by atoms with Crippen molar-refractivity contribution in [2.75, 3.05) is 19.6 Å². The highest BCUT2D eigenvalue weighted by Crippen LogP contribution is 2.40. The van der Waals surface area contributed by atoms with Crippen molar-refractivity contribution < 1.29 is 9.18 Å². The van der Waals surface area contributed by atoms with Crippen LogP contribution in [0.15, 0.2) is 59.3 Å². The molecule has 2 fully saturated rings. The minimum Gasteiger partial charge on any atom is -0.321 e. The number of carbonyl (C=O) groups is 1. The summed E-state index contributed by atoms with van der Waals surface area (Å²) in [5.74, 6) is -0.186. The van der Waals surface area contributed by atoms with E-state index in [-0.39, 0.29) is 17.9 Å². The van der Waals surface area contributed by atoms with E-state index < -0.39 is 5.54 Å². The summed E-state index contributed by atoms with van der Waals surface area (Å²) in [6.45, 7) is 3.25. The molecule has 156 valence electrons. The smallest absolute Gasteiger partial charge is 0.318 e. The summed E-state index contributed by atoms with van der Waals surface area (Å²) in [6, 6.07) is 15.4. The number of nitrogens with one attached hydrogen (secondary N) is 1. The summed E-state index contributed by atoms with van der Waals surface area (Å²) in [4.78, 5) is 19.8. The second-order valence-corrected chi connectivity index (χ2v) is 9.95. The molecule has 5 rings (SSSR count). The van der Waals surface area contributed by atoms with Gasteiger partial charge in [-0.25, -0.2) is 9.18 Å². The number of benzene rings is 1. The summed E-state index contributed by atoms with van der Waals surface area (Å²) < 4.78 is 13.5. The highest BCUT2D eigenvalue weighted by Gasteiger charge is 2.48. The van der Waals surface area contributed by atoms with Gasteiger partial charge >= 0.3 is 6.03 Å². The first-order valence-electron chi connectivity index (χ1n) is 10.3. The van der Waals surface area contributed by atoms with Crippen LogP contribution in [0.5, 0.6) is 0 Å². The number of urea groups is 1. The highest BCUT2D eigenvalue weighted by atomic mass is 32.1. The molecule has 0 bridgehead atoms. The van der Waals surface area contributed by atoms with Crippen molar-refractivity contribution in [3.05, 3.63) is 80.4 Å². The number of hydrogen-bond donors (Lipinski definition) is 1. The summed E-state index contributed by atoms with van der Waals surface area (Å²) >= 11 is 3.39. The molecule has 1 N–H and O–H groups in total. The molecule has 4 heterocycles. The van der Waals surface area contributed by atoms with E-state index in [2.05, 4.69) is 45.2 Å². The Morgan fingerprint density at radius 3 is 2.33 bits per heavy atom. The Morgan fingerprint density at radius 2 is 1.73 bits per heavy atom. The Bertz CT molecular complexity index is 963. The van der Waals surface area contributed by atoms with Crippen molar-refractivity contribution >= 4 is 28.7 Å². The lowest BCUT2D eigenvalue weighted by molar-refractivity contribution is 0.129. The predicted octanol–water partition coefficient (Wildman–Crippen LogP) is 4.88. The minimum absolute atomic E-state index is 0.0281. The zero-order valence-corrected chi connectivity index (χ0v) is 18.2. The SMILES string of the molecule is O=C1NC(c2cccs2)(c2cccs2)CN1C1CCN(Cc2cccc(F)c2)CC1. The van der Waals surface area contributed by atoms with Gasteiger partial charge in [0.1, 0.15) is 11.4 Å². The minimum atomic E-state index is -0.446. The summed E-state index contributed by atoms with van der Waals surface area (Å²) in [5.41, 5.74) is 0.555. The molecule has 2 aliphatic rings. The molecule has 2 aromatic heterocycles. The Hall–Kier alpha value is -2.22. The van der Waals surface area contributed by atoms with Gasteiger partial charge in [0.05, 0.1) is 6.54 Å². The van der Waals surface area contributed by atoms with E-state index in [4.69, 9.17) is 0 Å². The maximum absolute atomic E-state index is 13.5. The van der Waals surface area contributed by atoms with Gasteiger partial charge in [-0.05, 0) is 53.4 Å². The van der Waals surface area contributed by atoms with Crippen molar-refractivity contribution in [2.24, 2.45) is 0 Å². The Kier molecular flexibility index (Phi) is 5.35. The lowest BCUT2D eigenvalue weighted by Crippen LogP contribution is -2.46. The van der Waals surface area contributed by atoms with E-state index in [1.54, 1.807) is 34.8 Å². The third-order valence-corrected chi connectivity index (χ3v) is 8.23. The average Bonchev–Trinajstić information content (AvgIpc) is 3.50. The van der Waals surface area contributed by atoms with Crippen molar-refractivity contribution in [1.29, 1.82) is 0 Å². The molecule has 0 spiro atoms. The van der Waals surface area contributed by atoms with Crippen LogP contribution in [0.2, 0.25) is 0 Å². The van der Waals surface area contributed by atoms with Crippen molar-refractivity contribution in [1.82, 2.24) is 15.1 Å². The van der Waals surface area contributed by atoms with Crippen molar-refractivity contribution in [3.63, 3.8) is 0 Å². The molecule has 4 nitrogen and oxygen atoms in total. The van der Waals surface area contributed by atoms with Crippen LogP contribution in [-0.4, -0.2) is 41.5 Å². The van der Waals surface area contributed by atoms with E-state index >= 15 is 0 Å². The number of rotatable bonds is 5. The zero-order valence-electron chi connectivity index (χ0n) is 16.6. The molecule has 0 radical (unpaired) electrons. The van der Waals surface area contributed by atoms with Gasteiger partial charge in [0.25, 0.3) is 0 Å². The van der Waals surface area contributed by atoms with Crippen LogP contribution >= 0.6 is 22.7 Å². The standard InChI is InChI=1S/C23H24FN3OS2/c24-18-5-1-4-17(14-18)15-26-10-8-19(9-11-26)27-16-23(25-22(27)28,20-6-2-12-29-20)21-7-3-13-30-21/h1-7,12-14,19H,8-11,15-16H2,(H,25,28). The number of amides is 2. The van der Waals surface area contributed by atoms with Crippen LogP contribution in [0, 0.1) is 5.82 Å². The third-order valence-electron chi connectivity index (χ3n) is 6.17. The number of likely N-dealkylation sites (tertiary alicyclic amines) is 1.